The van der Waals surface area contributed by atoms with Crippen LogP contribution in [-0.2, 0) is 4.74 Å². The van der Waals surface area contributed by atoms with E-state index < -0.39 is 0 Å². The Hall–Kier alpha value is -0.0800. The molecule has 0 aliphatic heterocycles. The topological polar surface area (TPSA) is 21.3 Å². The van der Waals surface area contributed by atoms with Gasteiger partial charge < -0.3 is 10.1 Å². The normalized spacial score (nSPS) is 27.8. The zero-order valence-corrected chi connectivity index (χ0v) is 14.6. The summed E-state index contributed by atoms with van der Waals surface area (Å²) in [5.41, 5.74) is 1.05. The predicted molar refractivity (Wildman–Crippen MR) is 88.1 cm³/mol. The Kier molecular flexibility index (Phi) is 7.53. The first-order valence-corrected chi connectivity index (χ1v) is 8.63. The number of rotatable bonds is 8. The average molecular weight is 284 g/mol. The Morgan fingerprint density at radius 3 is 2.35 bits per heavy atom. The lowest BCUT2D eigenvalue weighted by atomic mass is 9.62. The lowest BCUT2D eigenvalue weighted by Gasteiger charge is -2.44. The SMILES string of the molecule is CCCCC1(CNCCOC)CCC(C(C)(C)C)CC1. The van der Waals surface area contributed by atoms with Crippen molar-refractivity contribution < 1.29 is 4.74 Å². The van der Waals surface area contributed by atoms with Gasteiger partial charge in [0.1, 0.15) is 0 Å². The van der Waals surface area contributed by atoms with Gasteiger partial charge in [0, 0.05) is 20.2 Å². The van der Waals surface area contributed by atoms with Crippen LogP contribution < -0.4 is 5.32 Å². The number of methoxy groups -OCH3 is 1. The summed E-state index contributed by atoms with van der Waals surface area (Å²) in [6.07, 6.45) is 9.76. The summed E-state index contributed by atoms with van der Waals surface area (Å²) < 4.78 is 5.14. The van der Waals surface area contributed by atoms with Gasteiger partial charge >= 0.3 is 0 Å². The van der Waals surface area contributed by atoms with E-state index in [0.717, 1.165) is 19.1 Å². The minimum atomic E-state index is 0.487. The minimum absolute atomic E-state index is 0.487. The van der Waals surface area contributed by atoms with E-state index in [2.05, 4.69) is 33.0 Å². The summed E-state index contributed by atoms with van der Waals surface area (Å²) >= 11 is 0. The molecule has 1 N–H and O–H groups in total. The van der Waals surface area contributed by atoms with Gasteiger partial charge in [0.25, 0.3) is 0 Å². The van der Waals surface area contributed by atoms with E-state index in [1.807, 2.05) is 0 Å². The smallest absolute Gasteiger partial charge is 0.0587 e. The largest absolute Gasteiger partial charge is 0.383 e. The maximum atomic E-state index is 5.14. The molecule has 0 bridgehead atoms. The maximum Gasteiger partial charge on any atom is 0.0587 e. The first-order valence-electron chi connectivity index (χ1n) is 8.63. The number of ether oxygens (including phenoxy) is 1. The van der Waals surface area contributed by atoms with Crippen molar-refractivity contribution in [2.24, 2.45) is 16.7 Å². The van der Waals surface area contributed by atoms with Gasteiger partial charge in [-0.3, -0.25) is 0 Å². The monoisotopic (exact) mass is 283 g/mol. The number of hydrogen-bond acceptors (Lipinski definition) is 2. The van der Waals surface area contributed by atoms with E-state index in [1.165, 1.54) is 51.5 Å². The number of nitrogens with one attached hydrogen (secondary N) is 1. The van der Waals surface area contributed by atoms with Crippen molar-refractivity contribution in [2.75, 3.05) is 26.8 Å². The maximum absolute atomic E-state index is 5.14. The molecule has 2 nitrogen and oxygen atoms in total. The Morgan fingerprint density at radius 1 is 1.20 bits per heavy atom. The van der Waals surface area contributed by atoms with E-state index in [0.29, 0.717) is 10.8 Å². The van der Waals surface area contributed by atoms with Gasteiger partial charge in [-0.1, -0.05) is 40.5 Å². The third kappa shape index (κ3) is 5.73. The van der Waals surface area contributed by atoms with Crippen molar-refractivity contribution in [2.45, 2.75) is 72.6 Å². The van der Waals surface area contributed by atoms with E-state index in [1.54, 1.807) is 7.11 Å². The van der Waals surface area contributed by atoms with Gasteiger partial charge in [0.05, 0.1) is 6.61 Å². The molecular formula is C18H37NO. The molecule has 0 heterocycles. The van der Waals surface area contributed by atoms with E-state index in [9.17, 15) is 0 Å². The van der Waals surface area contributed by atoms with Crippen molar-refractivity contribution in [3.63, 3.8) is 0 Å². The molecule has 0 amide bonds. The van der Waals surface area contributed by atoms with Gasteiger partial charge in [0.2, 0.25) is 0 Å². The molecule has 1 rings (SSSR count). The second kappa shape index (κ2) is 8.38. The molecule has 2 heteroatoms. The molecule has 0 unspecified atom stereocenters. The van der Waals surface area contributed by atoms with Gasteiger partial charge in [-0.05, 0) is 48.9 Å². The second-order valence-corrected chi connectivity index (χ2v) is 7.91. The fourth-order valence-electron chi connectivity index (χ4n) is 3.69. The van der Waals surface area contributed by atoms with Gasteiger partial charge in [-0.25, -0.2) is 0 Å². The van der Waals surface area contributed by atoms with Crippen LogP contribution in [0, 0.1) is 16.7 Å². The zero-order chi connectivity index (χ0) is 15.1. The molecule has 0 spiro atoms. The molecule has 0 saturated heterocycles. The fraction of sp³-hybridized carbons (Fsp3) is 1.00. The van der Waals surface area contributed by atoms with Crippen LogP contribution in [0.25, 0.3) is 0 Å². The number of unbranched alkanes of at least 4 members (excludes halogenated alkanes) is 1. The molecule has 0 radical (unpaired) electrons. The Labute approximate surface area is 127 Å². The van der Waals surface area contributed by atoms with Gasteiger partial charge in [-0.2, -0.15) is 0 Å². The summed E-state index contributed by atoms with van der Waals surface area (Å²) in [7, 11) is 1.78. The van der Waals surface area contributed by atoms with Crippen LogP contribution in [-0.4, -0.2) is 26.8 Å². The lowest BCUT2D eigenvalue weighted by molar-refractivity contribution is 0.0761. The summed E-state index contributed by atoms with van der Waals surface area (Å²) in [6.45, 7) is 12.6. The molecule has 1 aliphatic rings. The van der Waals surface area contributed by atoms with Gasteiger partial charge in [-0.15, -0.1) is 0 Å². The first-order chi connectivity index (χ1) is 9.43. The summed E-state index contributed by atoms with van der Waals surface area (Å²) in [5.74, 6) is 0.913. The Bertz CT molecular complexity index is 249. The van der Waals surface area contributed by atoms with E-state index in [-0.39, 0.29) is 0 Å². The van der Waals surface area contributed by atoms with Crippen molar-refractivity contribution >= 4 is 0 Å². The fourth-order valence-corrected chi connectivity index (χ4v) is 3.69. The molecule has 0 aromatic carbocycles. The van der Waals surface area contributed by atoms with E-state index >= 15 is 0 Å². The van der Waals surface area contributed by atoms with Crippen molar-refractivity contribution in [1.29, 1.82) is 0 Å². The number of hydrogen-bond donors (Lipinski definition) is 1. The lowest BCUT2D eigenvalue weighted by Crippen LogP contribution is -2.40. The van der Waals surface area contributed by atoms with Crippen LogP contribution in [0.4, 0.5) is 0 Å². The van der Waals surface area contributed by atoms with Crippen LogP contribution in [0.3, 0.4) is 0 Å². The summed E-state index contributed by atoms with van der Waals surface area (Å²) in [6, 6.07) is 0. The molecular weight excluding hydrogens is 246 g/mol. The molecule has 20 heavy (non-hydrogen) atoms. The highest BCUT2D eigenvalue weighted by Gasteiger charge is 2.37. The molecule has 0 atom stereocenters. The molecule has 1 aliphatic carbocycles. The van der Waals surface area contributed by atoms with Crippen LogP contribution in [0.5, 0.6) is 0 Å². The van der Waals surface area contributed by atoms with Crippen molar-refractivity contribution in [3.05, 3.63) is 0 Å². The highest BCUT2D eigenvalue weighted by atomic mass is 16.5. The predicted octanol–water partition coefficient (Wildman–Crippen LogP) is 4.64. The molecule has 1 saturated carbocycles. The molecule has 120 valence electrons. The Morgan fingerprint density at radius 2 is 1.85 bits per heavy atom. The standard InChI is InChI=1S/C18H37NO/c1-6-7-10-18(15-19-13-14-20-5)11-8-16(9-12-18)17(2,3)4/h16,19H,6-15H2,1-5H3. The first kappa shape index (κ1) is 18.0. The van der Waals surface area contributed by atoms with Crippen molar-refractivity contribution in [3.8, 4) is 0 Å². The summed E-state index contributed by atoms with van der Waals surface area (Å²) in [5, 5.41) is 3.63. The van der Waals surface area contributed by atoms with Crippen molar-refractivity contribution in [1.82, 2.24) is 5.32 Å². The van der Waals surface area contributed by atoms with Crippen LogP contribution >= 0.6 is 0 Å². The highest BCUT2D eigenvalue weighted by Crippen LogP contribution is 2.47. The average Bonchev–Trinajstić information content (AvgIpc) is 2.41. The van der Waals surface area contributed by atoms with E-state index in [4.69, 9.17) is 4.74 Å². The van der Waals surface area contributed by atoms with Crippen LogP contribution in [0.2, 0.25) is 0 Å². The zero-order valence-electron chi connectivity index (χ0n) is 14.6. The molecule has 1 fully saturated rings. The molecule has 0 aromatic heterocycles. The molecule has 0 aromatic rings. The third-order valence-corrected chi connectivity index (χ3v) is 5.31. The highest BCUT2D eigenvalue weighted by molar-refractivity contribution is 4.90. The quantitative estimate of drug-likeness (QED) is 0.655. The second-order valence-electron chi connectivity index (χ2n) is 7.91. The minimum Gasteiger partial charge on any atom is -0.383 e. The van der Waals surface area contributed by atoms with Crippen LogP contribution in [0.1, 0.15) is 72.6 Å². The van der Waals surface area contributed by atoms with Gasteiger partial charge in [0.15, 0.2) is 0 Å². The Balaban J connectivity index is 2.49. The third-order valence-electron chi connectivity index (χ3n) is 5.31. The summed E-state index contributed by atoms with van der Waals surface area (Å²) in [4.78, 5) is 0. The van der Waals surface area contributed by atoms with Crippen LogP contribution in [0.15, 0.2) is 0 Å².